The highest BCUT2D eigenvalue weighted by Crippen LogP contribution is 2.24. The molecule has 2 N–H and O–H groups in total. The van der Waals surface area contributed by atoms with Gasteiger partial charge in [-0.3, -0.25) is 0 Å². The standard InChI is InChI=1S/C16H18N4S/c1-20(2)10-13-5-3-12(4-6-13)9-17-15-14-7-8-21-16(14)19-11-18-15/h3-8,11H,9-10H2,1-2H3,(H,17,18,19)/p+1. The molecule has 0 unspecified atom stereocenters. The number of nitrogens with one attached hydrogen (secondary N) is 2. The number of nitrogens with zero attached hydrogens (tertiary/aromatic N) is 2. The molecule has 0 aliphatic carbocycles. The maximum absolute atomic E-state index is 4.33. The van der Waals surface area contributed by atoms with E-state index in [4.69, 9.17) is 0 Å². The second kappa shape index (κ2) is 6.20. The number of hydrogen-bond acceptors (Lipinski definition) is 4. The third-order valence-electron chi connectivity index (χ3n) is 3.30. The maximum atomic E-state index is 4.33. The predicted molar refractivity (Wildman–Crippen MR) is 87.7 cm³/mol. The quantitative estimate of drug-likeness (QED) is 0.757. The van der Waals surface area contributed by atoms with Gasteiger partial charge in [-0.05, 0) is 17.0 Å². The van der Waals surface area contributed by atoms with Crippen LogP contribution in [0.2, 0.25) is 0 Å². The van der Waals surface area contributed by atoms with E-state index in [1.165, 1.54) is 16.0 Å². The number of fused-ring (bicyclic) bond motifs is 1. The SMILES string of the molecule is C[NH+](C)Cc1ccc(CNc2ncnc3sccc23)cc1. The third kappa shape index (κ3) is 3.37. The van der Waals surface area contributed by atoms with Crippen molar-refractivity contribution in [3.05, 3.63) is 53.2 Å². The largest absolute Gasteiger partial charge is 0.365 e. The van der Waals surface area contributed by atoms with Gasteiger partial charge in [0.25, 0.3) is 0 Å². The zero-order valence-electron chi connectivity index (χ0n) is 12.3. The zero-order valence-corrected chi connectivity index (χ0v) is 13.1. The number of aromatic nitrogens is 2. The van der Waals surface area contributed by atoms with E-state index in [0.29, 0.717) is 0 Å². The summed E-state index contributed by atoms with van der Waals surface area (Å²) in [6.07, 6.45) is 1.62. The molecule has 2 heterocycles. The van der Waals surface area contributed by atoms with Crippen LogP contribution >= 0.6 is 11.3 Å². The highest BCUT2D eigenvalue weighted by Gasteiger charge is 2.04. The molecular weight excluding hydrogens is 280 g/mol. The molecule has 0 bridgehead atoms. The van der Waals surface area contributed by atoms with Crippen LogP contribution in [0.5, 0.6) is 0 Å². The van der Waals surface area contributed by atoms with Crippen LogP contribution in [0.4, 0.5) is 5.82 Å². The third-order valence-corrected chi connectivity index (χ3v) is 4.12. The first-order valence-corrected chi connectivity index (χ1v) is 7.89. The lowest BCUT2D eigenvalue weighted by molar-refractivity contribution is -0.872. The van der Waals surface area contributed by atoms with Crippen molar-refractivity contribution in [2.75, 3.05) is 19.4 Å². The fraction of sp³-hybridized carbons (Fsp3) is 0.250. The fourth-order valence-electron chi connectivity index (χ4n) is 2.30. The molecule has 4 nitrogen and oxygen atoms in total. The second-order valence-corrected chi connectivity index (χ2v) is 6.31. The minimum Gasteiger partial charge on any atom is -0.365 e. The first kappa shape index (κ1) is 14.0. The predicted octanol–water partition coefficient (Wildman–Crippen LogP) is 1.95. The molecule has 21 heavy (non-hydrogen) atoms. The molecule has 5 heteroatoms. The Morgan fingerprint density at radius 1 is 1.05 bits per heavy atom. The Labute approximate surface area is 128 Å². The summed E-state index contributed by atoms with van der Waals surface area (Å²) in [5, 5.41) is 6.54. The van der Waals surface area contributed by atoms with Crippen LogP contribution in [0, 0.1) is 0 Å². The lowest BCUT2D eigenvalue weighted by Crippen LogP contribution is -3.04. The van der Waals surface area contributed by atoms with Crippen molar-refractivity contribution in [2.24, 2.45) is 0 Å². The van der Waals surface area contributed by atoms with E-state index in [-0.39, 0.29) is 0 Å². The van der Waals surface area contributed by atoms with E-state index in [2.05, 4.69) is 59.7 Å². The summed E-state index contributed by atoms with van der Waals surface area (Å²) in [5.41, 5.74) is 2.62. The molecule has 0 aliphatic heterocycles. The van der Waals surface area contributed by atoms with Gasteiger partial charge in [0.05, 0.1) is 19.5 Å². The van der Waals surface area contributed by atoms with Crippen LogP contribution in [0.3, 0.4) is 0 Å². The summed E-state index contributed by atoms with van der Waals surface area (Å²) in [7, 11) is 4.33. The van der Waals surface area contributed by atoms with Gasteiger partial charge in [0, 0.05) is 12.1 Å². The highest BCUT2D eigenvalue weighted by atomic mass is 32.1. The van der Waals surface area contributed by atoms with E-state index in [0.717, 1.165) is 29.1 Å². The minimum absolute atomic E-state index is 0.775. The van der Waals surface area contributed by atoms with Crippen molar-refractivity contribution in [2.45, 2.75) is 13.1 Å². The number of thiophene rings is 1. The first-order chi connectivity index (χ1) is 10.2. The van der Waals surface area contributed by atoms with Gasteiger partial charge in [0.1, 0.15) is 23.5 Å². The molecule has 108 valence electrons. The van der Waals surface area contributed by atoms with E-state index in [1.54, 1.807) is 17.7 Å². The molecule has 3 aromatic rings. The molecule has 0 fully saturated rings. The summed E-state index contributed by atoms with van der Waals surface area (Å²) >= 11 is 1.64. The summed E-state index contributed by atoms with van der Waals surface area (Å²) in [5.74, 6) is 0.906. The van der Waals surface area contributed by atoms with Crippen LogP contribution in [-0.4, -0.2) is 24.1 Å². The fourth-order valence-corrected chi connectivity index (χ4v) is 3.03. The van der Waals surface area contributed by atoms with Crippen LogP contribution in [-0.2, 0) is 13.1 Å². The van der Waals surface area contributed by atoms with Crippen molar-refractivity contribution < 1.29 is 4.90 Å². The lowest BCUT2D eigenvalue weighted by Gasteiger charge is -2.09. The van der Waals surface area contributed by atoms with Crippen LogP contribution in [0.1, 0.15) is 11.1 Å². The smallest absolute Gasteiger partial charge is 0.138 e. The van der Waals surface area contributed by atoms with Crippen molar-refractivity contribution in [3.8, 4) is 0 Å². The van der Waals surface area contributed by atoms with Gasteiger partial charge in [-0.15, -0.1) is 11.3 Å². The number of anilines is 1. The Kier molecular flexibility index (Phi) is 4.13. The molecule has 0 saturated carbocycles. The number of quaternary nitrogens is 1. The first-order valence-electron chi connectivity index (χ1n) is 7.01. The summed E-state index contributed by atoms with van der Waals surface area (Å²) in [6.45, 7) is 1.83. The van der Waals surface area contributed by atoms with Crippen molar-refractivity contribution in [1.29, 1.82) is 0 Å². The van der Waals surface area contributed by atoms with Gasteiger partial charge in [0.2, 0.25) is 0 Å². The van der Waals surface area contributed by atoms with Gasteiger partial charge in [-0.2, -0.15) is 0 Å². The zero-order chi connectivity index (χ0) is 14.7. The monoisotopic (exact) mass is 299 g/mol. The number of rotatable bonds is 5. The van der Waals surface area contributed by atoms with E-state index >= 15 is 0 Å². The van der Waals surface area contributed by atoms with Gasteiger partial charge < -0.3 is 10.2 Å². The maximum Gasteiger partial charge on any atom is 0.138 e. The van der Waals surface area contributed by atoms with Crippen LogP contribution in [0.25, 0.3) is 10.2 Å². The Morgan fingerprint density at radius 2 is 1.81 bits per heavy atom. The Hall–Kier alpha value is -1.98. The summed E-state index contributed by atoms with van der Waals surface area (Å²) in [6, 6.07) is 10.8. The summed E-state index contributed by atoms with van der Waals surface area (Å²) in [4.78, 5) is 11.1. The van der Waals surface area contributed by atoms with E-state index < -0.39 is 0 Å². The minimum atomic E-state index is 0.775. The lowest BCUT2D eigenvalue weighted by atomic mass is 10.1. The molecule has 3 rings (SSSR count). The number of hydrogen-bond donors (Lipinski definition) is 2. The second-order valence-electron chi connectivity index (χ2n) is 5.42. The van der Waals surface area contributed by atoms with Gasteiger partial charge in [-0.1, -0.05) is 24.3 Å². The van der Waals surface area contributed by atoms with E-state index in [1.807, 2.05) is 5.38 Å². The normalized spacial score (nSPS) is 11.2. The Balaban J connectivity index is 1.68. The topological polar surface area (TPSA) is 42.2 Å². The molecule has 2 aromatic heterocycles. The average Bonchev–Trinajstić information content (AvgIpc) is 2.95. The molecule has 0 saturated heterocycles. The van der Waals surface area contributed by atoms with Crippen molar-refractivity contribution in [3.63, 3.8) is 0 Å². The Morgan fingerprint density at radius 3 is 2.57 bits per heavy atom. The van der Waals surface area contributed by atoms with Crippen molar-refractivity contribution in [1.82, 2.24) is 9.97 Å². The van der Waals surface area contributed by atoms with Crippen LogP contribution < -0.4 is 10.2 Å². The van der Waals surface area contributed by atoms with E-state index in [9.17, 15) is 0 Å². The average molecular weight is 299 g/mol. The molecule has 0 atom stereocenters. The molecule has 1 aromatic carbocycles. The number of benzene rings is 1. The van der Waals surface area contributed by atoms with Gasteiger partial charge in [0.15, 0.2) is 0 Å². The van der Waals surface area contributed by atoms with Gasteiger partial charge in [-0.25, -0.2) is 9.97 Å². The molecule has 0 amide bonds. The molecular formula is C16H19N4S+. The van der Waals surface area contributed by atoms with Gasteiger partial charge >= 0.3 is 0 Å². The molecule has 0 aliphatic rings. The van der Waals surface area contributed by atoms with Crippen LogP contribution in [0.15, 0.2) is 42.0 Å². The molecule has 0 spiro atoms. The highest BCUT2D eigenvalue weighted by molar-refractivity contribution is 7.16. The molecule has 0 radical (unpaired) electrons. The Bertz CT molecular complexity index is 718. The summed E-state index contributed by atoms with van der Waals surface area (Å²) < 4.78 is 0. The van der Waals surface area contributed by atoms with Crippen molar-refractivity contribution >= 4 is 27.4 Å².